The van der Waals surface area contributed by atoms with E-state index in [1.165, 1.54) is 19.4 Å². The van der Waals surface area contributed by atoms with Gasteiger partial charge in [-0.1, -0.05) is 13.8 Å². The van der Waals surface area contributed by atoms with E-state index in [0.29, 0.717) is 12.6 Å². The Morgan fingerprint density at radius 3 is 2.81 bits per heavy atom. The van der Waals surface area contributed by atoms with Gasteiger partial charge < -0.3 is 20.3 Å². The maximum Gasteiger partial charge on any atom is 0.225 e. The summed E-state index contributed by atoms with van der Waals surface area (Å²) in [6, 6.07) is 0.898. The van der Waals surface area contributed by atoms with E-state index >= 15 is 0 Å². The van der Waals surface area contributed by atoms with Gasteiger partial charge in [0, 0.05) is 44.2 Å². The minimum Gasteiger partial charge on any atom is -0.373 e. The fourth-order valence-corrected chi connectivity index (χ4v) is 4.15. The Kier molecular flexibility index (Phi) is 9.07. The van der Waals surface area contributed by atoms with Crippen LogP contribution in [-0.4, -0.2) is 85.7 Å². The molecule has 0 saturated carbocycles. The summed E-state index contributed by atoms with van der Waals surface area (Å²) in [5.41, 5.74) is 0. The van der Waals surface area contributed by atoms with E-state index in [2.05, 4.69) is 22.5 Å². The van der Waals surface area contributed by atoms with Crippen molar-refractivity contribution in [2.45, 2.75) is 58.2 Å². The summed E-state index contributed by atoms with van der Waals surface area (Å²) < 4.78 is 6.01. The quantitative estimate of drug-likeness (QED) is 0.343. The molecule has 3 aliphatic heterocycles. The number of likely N-dealkylation sites (tertiary alicyclic amines) is 1. The highest BCUT2D eigenvalue weighted by molar-refractivity contribution is 14.0. The smallest absolute Gasteiger partial charge is 0.225 e. The summed E-state index contributed by atoms with van der Waals surface area (Å²) in [6.07, 6.45) is 3.72. The molecule has 0 aromatic heterocycles. The monoisotopic (exact) mass is 493 g/mol. The summed E-state index contributed by atoms with van der Waals surface area (Å²) in [5.74, 6) is 1.14. The van der Waals surface area contributed by atoms with Crippen molar-refractivity contribution >= 4 is 35.8 Å². The van der Waals surface area contributed by atoms with Crippen molar-refractivity contribution in [3.63, 3.8) is 0 Å². The van der Waals surface area contributed by atoms with Crippen LogP contribution in [-0.2, 0) is 9.53 Å². The number of hydrogen-bond acceptors (Lipinski definition) is 4. The molecule has 0 aromatic carbocycles. The second-order valence-corrected chi connectivity index (χ2v) is 8.03. The largest absolute Gasteiger partial charge is 0.373 e. The normalized spacial score (nSPS) is 28.8. The van der Waals surface area contributed by atoms with E-state index in [-0.39, 0.29) is 47.9 Å². The summed E-state index contributed by atoms with van der Waals surface area (Å²) in [6.45, 7) is 12.1. The molecule has 0 aliphatic carbocycles. The molecule has 0 bridgehead atoms. The van der Waals surface area contributed by atoms with Crippen LogP contribution < -0.4 is 10.6 Å². The van der Waals surface area contributed by atoms with E-state index in [1.807, 2.05) is 18.7 Å². The number of aliphatic imine (C=N–C) groups is 1. The third-order valence-corrected chi connectivity index (χ3v) is 5.59. The van der Waals surface area contributed by atoms with Crippen molar-refractivity contribution in [1.82, 2.24) is 20.4 Å². The van der Waals surface area contributed by atoms with Crippen LogP contribution >= 0.6 is 24.0 Å². The van der Waals surface area contributed by atoms with Gasteiger partial charge in [-0.2, -0.15) is 0 Å². The lowest BCUT2D eigenvalue weighted by molar-refractivity contribution is -0.133. The molecule has 0 radical (unpaired) electrons. The average molecular weight is 493 g/mol. The van der Waals surface area contributed by atoms with Gasteiger partial charge in [-0.05, 0) is 32.7 Å². The van der Waals surface area contributed by atoms with Gasteiger partial charge in [-0.3, -0.25) is 14.7 Å². The maximum atomic E-state index is 12.2. The average Bonchev–Trinajstić information content (AvgIpc) is 3.27. The number of guanidine groups is 1. The zero-order valence-corrected chi connectivity index (χ0v) is 19.3. The molecule has 8 heteroatoms. The molecular weight excluding hydrogens is 457 g/mol. The van der Waals surface area contributed by atoms with Crippen molar-refractivity contribution in [3.8, 4) is 0 Å². The predicted molar refractivity (Wildman–Crippen MR) is 119 cm³/mol. The third-order valence-electron chi connectivity index (χ3n) is 5.59. The fraction of sp³-hybridized carbons (Fsp3) is 0.895. The molecule has 156 valence electrons. The van der Waals surface area contributed by atoms with Crippen LogP contribution in [0.1, 0.15) is 40.0 Å². The minimum absolute atomic E-state index is 0. The van der Waals surface area contributed by atoms with Crippen molar-refractivity contribution in [3.05, 3.63) is 0 Å². The number of morpholine rings is 1. The molecule has 3 saturated heterocycles. The zero-order chi connectivity index (χ0) is 18.5. The summed E-state index contributed by atoms with van der Waals surface area (Å²) in [5, 5.41) is 6.83. The Bertz CT molecular complexity index is 516. The number of halogens is 1. The van der Waals surface area contributed by atoms with E-state index < -0.39 is 0 Å². The van der Waals surface area contributed by atoms with Crippen molar-refractivity contribution in [2.75, 3.05) is 45.9 Å². The number of nitrogens with zero attached hydrogens (tertiary/aromatic N) is 3. The molecule has 2 N–H and O–H groups in total. The first-order chi connectivity index (χ1) is 12.6. The van der Waals surface area contributed by atoms with Gasteiger partial charge >= 0.3 is 0 Å². The van der Waals surface area contributed by atoms with Crippen molar-refractivity contribution in [1.29, 1.82) is 0 Å². The van der Waals surface area contributed by atoms with Crippen LogP contribution in [0, 0.1) is 5.92 Å². The van der Waals surface area contributed by atoms with Crippen LogP contribution in [0.3, 0.4) is 0 Å². The Balaban J connectivity index is 0.00000261. The Morgan fingerprint density at radius 2 is 2.07 bits per heavy atom. The van der Waals surface area contributed by atoms with E-state index in [0.717, 1.165) is 45.2 Å². The zero-order valence-electron chi connectivity index (χ0n) is 16.9. The van der Waals surface area contributed by atoms with Gasteiger partial charge in [0.05, 0.1) is 19.3 Å². The number of hydrogen-bond donors (Lipinski definition) is 2. The van der Waals surface area contributed by atoms with Crippen LogP contribution in [0.2, 0.25) is 0 Å². The van der Waals surface area contributed by atoms with Gasteiger partial charge in [-0.15, -0.1) is 24.0 Å². The third kappa shape index (κ3) is 6.19. The lowest BCUT2D eigenvalue weighted by Crippen LogP contribution is -2.48. The van der Waals surface area contributed by atoms with Crippen LogP contribution in [0.25, 0.3) is 0 Å². The number of ether oxygens (including phenoxy) is 1. The molecule has 3 unspecified atom stereocenters. The maximum absolute atomic E-state index is 12.2. The number of carbonyl (C=O) groups excluding carboxylic acids is 1. The van der Waals surface area contributed by atoms with Crippen LogP contribution in [0.4, 0.5) is 0 Å². The first-order valence-corrected chi connectivity index (χ1v) is 10.3. The van der Waals surface area contributed by atoms with Gasteiger partial charge in [-0.25, -0.2) is 0 Å². The minimum atomic E-state index is 0. The lowest BCUT2D eigenvalue weighted by atomic mass is 10.2. The van der Waals surface area contributed by atoms with E-state index in [4.69, 9.17) is 9.73 Å². The molecule has 27 heavy (non-hydrogen) atoms. The summed E-state index contributed by atoms with van der Waals surface area (Å²) >= 11 is 0. The highest BCUT2D eigenvalue weighted by Crippen LogP contribution is 2.22. The number of fused-ring (bicyclic) bond motifs is 1. The van der Waals surface area contributed by atoms with Crippen LogP contribution in [0.15, 0.2) is 4.99 Å². The second kappa shape index (κ2) is 10.8. The molecular formula is C19H36IN5O2. The molecule has 0 spiro atoms. The first kappa shape index (κ1) is 22.7. The SMILES string of the molecule is CCNC(=NCC1CN2CCCC2CO1)NC1CCN(C(=O)C(C)C)C1.I. The molecule has 3 atom stereocenters. The fourth-order valence-electron chi connectivity index (χ4n) is 4.15. The highest BCUT2D eigenvalue weighted by Gasteiger charge is 2.32. The molecule has 7 nitrogen and oxygen atoms in total. The molecule has 1 amide bonds. The molecule has 3 aliphatic rings. The highest BCUT2D eigenvalue weighted by atomic mass is 127. The molecule has 3 heterocycles. The number of nitrogens with one attached hydrogen (secondary N) is 2. The molecule has 0 aromatic rings. The Labute approximate surface area is 180 Å². The van der Waals surface area contributed by atoms with Gasteiger partial charge in [0.2, 0.25) is 5.91 Å². The topological polar surface area (TPSA) is 69.2 Å². The second-order valence-electron chi connectivity index (χ2n) is 8.03. The number of rotatable bonds is 5. The lowest BCUT2D eigenvalue weighted by Gasteiger charge is -2.34. The van der Waals surface area contributed by atoms with Crippen molar-refractivity contribution in [2.24, 2.45) is 10.9 Å². The first-order valence-electron chi connectivity index (χ1n) is 10.3. The van der Waals surface area contributed by atoms with Gasteiger partial charge in [0.15, 0.2) is 5.96 Å². The standard InChI is InChI=1S/C19H35N5O2.HI/c1-4-20-19(22-15-7-9-24(11-15)18(25)14(2)3)21-10-17-12-23-8-5-6-16(23)13-26-17;/h14-17H,4-13H2,1-3H3,(H2,20,21,22);1H. The Hall–Kier alpha value is -0.610. The predicted octanol–water partition coefficient (Wildman–Crippen LogP) is 1.28. The summed E-state index contributed by atoms with van der Waals surface area (Å²) in [7, 11) is 0. The molecule has 3 fully saturated rings. The van der Waals surface area contributed by atoms with E-state index in [1.54, 1.807) is 0 Å². The number of carbonyl (C=O) groups is 1. The van der Waals surface area contributed by atoms with Gasteiger partial charge in [0.1, 0.15) is 0 Å². The van der Waals surface area contributed by atoms with Crippen LogP contribution in [0.5, 0.6) is 0 Å². The van der Waals surface area contributed by atoms with E-state index in [9.17, 15) is 4.79 Å². The summed E-state index contributed by atoms with van der Waals surface area (Å²) in [4.78, 5) is 21.4. The number of amides is 1. The molecule has 3 rings (SSSR count). The van der Waals surface area contributed by atoms with Crippen molar-refractivity contribution < 1.29 is 9.53 Å². The van der Waals surface area contributed by atoms with Gasteiger partial charge in [0.25, 0.3) is 0 Å². The Morgan fingerprint density at radius 1 is 1.26 bits per heavy atom.